The van der Waals surface area contributed by atoms with E-state index >= 15 is 0 Å². The van der Waals surface area contributed by atoms with Gasteiger partial charge in [0.15, 0.2) is 0 Å². The van der Waals surface area contributed by atoms with Gasteiger partial charge in [-0.1, -0.05) is 26.0 Å². The summed E-state index contributed by atoms with van der Waals surface area (Å²) in [5.74, 6) is -0.0982. The second-order valence-corrected chi connectivity index (χ2v) is 8.93. The van der Waals surface area contributed by atoms with Crippen molar-refractivity contribution in [1.82, 2.24) is 20.1 Å². The fourth-order valence-corrected chi connectivity index (χ4v) is 4.29. The second-order valence-electron chi connectivity index (χ2n) is 8.93. The van der Waals surface area contributed by atoms with Gasteiger partial charge in [-0.3, -0.25) is 29.6 Å². The highest BCUT2D eigenvalue weighted by Gasteiger charge is 2.42. The fourth-order valence-electron chi connectivity index (χ4n) is 4.29. The van der Waals surface area contributed by atoms with E-state index in [1.54, 1.807) is 35.4 Å². The lowest BCUT2D eigenvalue weighted by molar-refractivity contribution is -0.384. The number of carbonyl (C=O) groups excluding carboxylic acids is 2. The van der Waals surface area contributed by atoms with Crippen LogP contribution in [0.1, 0.15) is 36.2 Å². The van der Waals surface area contributed by atoms with Crippen molar-refractivity contribution in [2.75, 3.05) is 26.2 Å². The molecule has 2 amide bonds. The van der Waals surface area contributed by atoms with Gasteiger partial charge in [0.25, 0.3) is 11.6 Å². The van der Waals surface area contributed by atoms with Crippen LogP contribution in [0.5, 0.6) is 0 Å². The highest BCUT2D eigenvalue weighted by molar-refractivity contribution is 5.97. The number of amides is 2. The minimum atomic E-state index is -0.615. The number of nitrogens with one attached hydrogen (secondary N) is 1. The number of aromatic nitrogens is 1. The number of non-ortho nitro benzene ring substituents is 1. The van der Waals surface area contributed by atoms with Crippen LogP contribution >= 0.6 is 0 Å². The van der Waals surface area contributed by atoms with Crippen molar-refractivity contribution >= 4 is 17.5 Å². The first-order valence-corrected chi connectivity index (χ1v) is 11.5. The first kappa shape index (κ1) is 25.3. The average Bonchev–Trinajstić information content (AvgIpc) is 3.28. The summed E-state index contributed by atoms with van der Waals surface area (Å²) in [4.78, 5) is 44.7. The number of likely N-dealkylation sites (tertiary alicyclic amines) is 1. The Hall–Kier alpha value is -3.37. The van der Waals surface area contributed by atoms with E-state index in [-0.39, 0.29) is 23.5 Å². The second kappa shape index (κ2) is 11.7. The van der Waals surface area contributed by atoms with Gasteiger partial charge < -0.3 is 16.0 Å². The molecule has 0 radical (unpaired) electrons. The lowest BCUT2D eigenvalue weighted by atomic mass is 10.1. The Morgan fingerprint density at radius 1 is 1.29 bits per heavy atom. The maximum absolute atomic E-state index is 13.3. The molecule has 2 heterocycles. The van der Waals surface area contributed by atoms with Crippen LogP contribution in [-0.4, -0.2) is 69.8 Å². The third-order valence-corrected chi connectivity index (χ3v) is 5.84. The Morgan fingerprint density at radius 3 is 2.62 bits per heavy atom. The van der Waals surface area contributed by atoms with Crippen molar-refractivity contribution in [1.29, 1.82) is 0 Å². The molecule has 3 N–H and O–H groups in total. The number of nitrogens with two attached hydrogens (primary N) is 1. The van der Waals surface area contributed by atoms with Gasteiger partial charge in [-0.15, -0.1) is 0 Å². The number of pyridine rings is 1. The molecule has 1 aliphatic heterocycles. The topological polar surface area (TPSA) is 135 Å². The van der Waals surface area contributed by atoms with E-state index < -0.39 is 11.0 Å². The number of hydrogen-bond acceptors (Lipinski definition) is 7. The largest absolute Gasteiger partial charge is 0.353 e. The van der Waals surface area contributed by atoms with Crippen LogP contribution < -0.4 is 11.1 Å². The molecule has 1 saturated heterocycles. The van der Waals surface area contributed by atoms with Crippen LogP contribution in [-0.2, 0) is 11.3 Å². The van der Waals surface area contributed by atoms with Gasteiger partial charge in [0, 0.05) is 63.3 Å². The summed E-state index contributed by atoms with van der Waals surface area (Å²) in [6.07, 6.45) is 3.60. The Morgan fingerprint density at radius 2 is 2.03 bits per heavy atom. The summed E-state index contributed by atoms with van der Waals surface area (Å²) in [6.45, 7) is 6.60. The maximum atomic E-state index is 13.3. The van der Waals surface area contributed by atoms with Gasteiger partial charge in [-0.05, 0) is 30.0 Å². The van der Waals surface area contributed by atoms with Gasteiger partial charge in [-0.25, -0.2) is 0 Å². The molecule has 1 aromatic carbocycles. The molecule has 10 nitrogen and oxygen atoms in total. The van der Waals surface area contributed by atoms with Gasteiger partial charge in [0.1, 0.15) is 6.04 Å². The molecule has 2 unspecified atom stereocenters. The predicted molar refractivity (Wildman–Crippen MR) is 128 cm³/mol. The molecule has 3 rings (SSSR count). The Kier molecular flexibility index (Phi) is 8.67. The Labute approximate surface area is 199 Å². The van der Waals surface area contributed by atoms with Crippen molar-refractivity contribution in [3.8, 4) is 0 Å². The molecule has 0 bridgehead atoms. The quantitative estimate of drug-likeness (QED) is 0.401. The van der Waals surface area contributed by atoms with Crippen molar-refractivity contribution in [2.45, 2.75) is 38.9 Å². The van der Waals surface area contributed by atoms with E-state index in [2.05, 4.69) is 29.0 Å². The van der Waals surface area contributed by atoms with Crippen LogP contribution in [0, 0.1) is 16.0 Å². The molecular weight excluding hydrogens is 436 g/mol. The summed E-state index contributed by atoms with van der Waals surface area (Å²) in [7, 11) is 0. The van der Waals surface area contributed by atoms with Crippen LogP contribution in [0.3, 0.4) is 0 Å². The smallest absolute Gasteiger partial charge is 0.269 e. The van der Waals surface area contributed by atoms with E-state index in [1.807, 2.05) is 0 Å². The molecule has 0 saturated carbocycles. The average molecular weight is 469 g/mol. The maximum Gasteiger partial charge on any atom is 0.269 e. The zero-order valence-electron chi connectivity index (χ0n) is 19.6. The molecule has 2 aromatic rings. The summed E-state index contributed by atoms with van der Waals surface area (Å²) >= 11 is 0. The fraction of sp³-hybridized carbons (Fsp3) is 0.458. The molecule has 1 fully saturated rings. The van der Waals surface area contributed by atoms with E-state index in [4.69, 9.17) is 5.73 Å². The highest BCUT2D eigenvalue weighted by Crippen LogP contribution is 2.27. The summed E-state index contributed by atoms with van der Waals surface area (Å²) < 4.78 is 0. The van der Waals surface area contributed by atoms with Crippen molar-refractivity contribution < 1.29 is 14.5 Å². The lowest BCUT2D eigenvalue weighted by Crippen LogP contribution is -2.47. The zero-order valence-corrected chi connectivity index (χ0v) is 19.6. The lowest BCUT2D eigenvalue weighted by Gasteiger charge is -2.30. The Balaban J connectivity index is 1.84. The number of hydrogen-bond donors (Lipinski definition) is 2. The third kappa shape index (κ3) is 6.36. The minimum Gasteiger partial charge on any atom is -0.353 e. The van der Waals surface area contributed by atoms with E-state index in [9.17, 15) is 19.7 Å². The molecule has 1 aliphatic rings. The summed E-state index contributed by atoms with van der Waals surface area (Å²) in [5, 5.41) is 13.8. The molecular formula is C24H32N6O4. The number of rotatable bonds is 10. The van der Waals surface area contributed by atoms with Crippen LogP contribution in [0.25, 0.3) is 0 Å². The first-order valence-electron chi connectivity index (χ1n) is 11.5. The molecule has 34 heavy (non-hydrogen) atoms. The van der Waals surface area contributed by atoms with E-state index in [0.29, 0.717) is 44.1 Å². The SMILES string of the molecule is CC(C)CN(Cc1ccc([N+](=O)[O-])cc1)C1CC(C(=O)NCCN)N(C(=O)c2cccnc2)C1. The van der Waals surface area contributed by atoms with E-state index in [0.717, 1.165) is 12.1 Å². The minimum absolute atomic E-state index is 0.0462. The monoisotopic (exact) mass is 468 g/mol. The number of carbonyl (C=O) groups is 2. The van der Waals surface area contributed by atoms with Gasteiger partial charge in [0.05, 0.1) is 10.5 Å². The molecule has 2 atom stereocenters. The van der Waals surface area contributed by atoms with Crippen molar-refractivity contribution in [3.05, 3.63) is 70.0 Å². The molecule has 182 valence electrons. The number of nitro benzene ring substituents is 1. The molecule has 10 heteroatoms. The van der Waals surface area contributed by atoms with E-state index in [1.165, 1.54) is 18.3 Å². The van der Waals surface area contributed by atoms with Gasteiger partial charge in [-0.2, -0.15) is 0 Å². The zero-order chi connectivity index (χ0) is 24.7. The standard InChI is InChI=1S/C24H32N6O4/c1-17(2)14-28(15-18-5-7-20(8-6-18)30(33)34)21-12-22(23(31)27-11-9-25)29(16-21)24(32)19-4-3-10-26-13-19/h3-8,10,13,17,21-22H,9,11-12,14-16,25H2,1-2H3,(H,27,31). The van der Waals surface area contributed by atoms with Crippen molar-refractivity contribution in [3.63, 3.8) is 0 Å². The normalized spacial score (nSPS) is 17.9. The summed E-state index contributed by atoms with van der Waals surface area (Å²) in [5.41, 5.74) is 6.97. The van der Waals surface area contributed by atoms with Crippen LogP contribution in [0.15, 0.2) is 48.8 Å². The number of nitrogens with zero attached hydrogens (tertiary/aromatic N) is 4. The highest BCUT2D eigenvalue weighted by atomic mass is 16.6. The first-order chi connectivity index (χ1) is 16.3. The third-order valence-electron chi connectivity index (χ3n) is 5.84. The molecule has 0 aliphatic carbocycles. The predicted octanol–water partition coefficient (Wildman–Crippen LogP) is 1.81. The summed E-state index contributed by atoms with van der Waals surface area (Å²) in [6, 6.07) is 9.24. The molecule has 0 spiro atoms. The van der Waals surface area contributed by atoms with Crippen molar-refractivity contribution in [2.24, 2.45) is 11.7 Å². The van der Waals surface area contributed by atoms with Crippen LogP contribution in [0.2, 0.25) is 0 Å². The number of nitro groups is 1. The molecule has 1 aromatic heterocycles. The number of benzene rings is 1. The van der Waals surface area contributed by atoms with Crippen LogP contribution in [0.4, 0.5) is 5.69 Å². The Bertz CT molecular complexity index is 983. The van der Waals surface area contributed by atoms with Gasteiger partial charge in [0.2, 0.25) is 5.91 Å². The van der Waals surface area contributed by atoms with Gasteiger partial charge >= 0.3 is 0 Å².